The zero-order valence-electron chi connectivity index (χ0n) is 23.0. The van der Waals surface area contributed by atoms with Crippen LogP contribution in [-0.2, 0) is 31.2 Å². The minimum absolute atomic E-state index is 0.00464. The summed E-state index contributed by atoms with van der Waals surface area (Å²) in [5, 5.41) is 9.25. The van der Waals surface area contributed by atoms with Gasteiger partial charge in [-0.25, -0.2) is 0 Å². The number of aliphatic hydroxyl groups excluding tert-OH is 1. The molecule has 0 heterocycles. The van der Waals surface area contributed by atoms with Crippen LogP contribution in [0.15, 0.2) is 97.1 Å². The quantitative estimate of drug-likeness (QED) is 0.182. The fraction of sp³-hybridized carbons (Fsp3) is 0.250. The molecule has 4 aromatic carbocycles. The Morgan fingerprint density at radius 2 is 0.950 bits per heavy atom. The first-order chi connectivity index (χ1) is 19.6. The number of halogens is 2. The van der Waals surface area contributed by atoms with Gasteiger partial charge in [0, 0.05) is 7.11 Å². The number of methoxy groups -OCH3 is 3. The van der Waals surface area contributed by atoms with Crippen molar-refractivity contribution in [2.24, 2.45) is 0 Å². The van der Waals surface area contributed by atoms with E-state index in [0.717, 1.165) is 33.8 Å². The summed E-state index contributed by atoms with van der Waals surface area (Å²) in [7, 11) is 4.90. The molecule has 8 heteroatoms. The molecule has 0 saturated heterocycles. The van der Waals surface area contributed by atoms with Crippen molar-refractivity contribution in [1.29, 1.82) is 0 Å². The molecule has 0 aliphatic heterocycles. The number of hydrogen-bond acceptors (Lipinski definition) is 6. The van der Waals surface area contributed by atoms with Gasteiger partial charge in [0.15, 0.2) is 23.0 Å². The molecule has 0 aliphatic rings. The lowest BCUT2D eigenvalue weighted by molar-refractivity contribution is 0.184. The van der Waals surface area contributed by atoms with Gasteiger partial charge in [0.05, 0.1) is 32.8 Å². The molecule has 0 saturated carbocycles. The van der Waals surface area contributed by atoms with Crippen molar-refractivity contribution < 1.29 is 28.8 Å². The van der Waals surface area contributed by atoms with E-state index in [1.165, 1.54) is 0 Å². The number of aliphatic hydroxyl groups is 1. The number of hydrogen-bond donors (Lipinski definition) is 1. The lowest BCUT2D eigenvalue weighted by Gasteiger charge is -2.12. The van der Waals surface area contributed by atoms with Crippen LogP contribution in [0, 0.1) is 0 Å². The highest BCUT2D eigenvalue weighted by atomic mass is 35.5. The molecule has 0 amide bonds. The zero-order valence-corrected chi connectivity index (χ0v) is 24.5. The summed E-state index contributed by atoms with van der Waals surface area (Å²) < 4.78 is 27.2. The van der Waals surface area contributed by atoms with Gasteiger partial charge in [0.1, 0.15) is 13.2 Å². The van der Waals surface area contributed by atoms with Gasteiger partial charge < -0.3 is 28.8 Å². The fourth-order valence-corrected chi connectivity index (χ4v) is 3.49. The highest BCUT2D eigenvalue weighted by molar-refractivity contribution is 6.40. The number of benzene rings is 4. The Morgan fingerprint density at radius 1 is 0.525 bits per heavy atom. The standard InChI is InChI=1S/C16H18O3.C15H16O3.CH2Cl2/c1-17-11-14-8-9-15(16(10-14)18-2)19-12-13-6-4-3-5-7-13;1-17-15-9-13(10-16)7-8-14(15)18-11-12-5-3-2-4-6-12;2-1-3/h3-10H,11-12H2,1-2H3;2-9,16H,10-11H2,1H3;1H2. The second-order valence-corrected chi connectivity index (χ2v) is 9.02. The van der Waals surface area contributed by atoms with E-state index in [0.29, 0.717) is 31.3 Å². The predicted octanol–water partition coefficient (Wildman–Crippen LogP) is 7.61. The van der Waals surface area contributed by atoms with Gasteiger partial charge in [-0.2, -0.15) is 0 Å². The van der Waals surface area contributed by atoms with Crippen molar-refractivity contribution in [3.05, 3.63) is 119 Å². The fourth-order valence-electron chi connectivity index (χ4n) is 3.49. The summed E-state index contributed by atoms with van der Waals surface area (Å²) in [6.45, 7) is 1.58. The summed E-state index contributed by atoms with van der Waals surface area (Å²) in [6, 6.07) is 31.2. The normalized spacial score (nSPS) is 9.85. The SMILES string of the molecule is COCc1ccc(OCc2ccccc2)c(OC)c1.COc1cc(CO)ccc1OCc1ccccc1.ClCCl. The highest BCUT2D eigenvalue weighted by Gasteiger charge is 2.07. The Kier molecular flexibility index (Phi) is 16.1. The Labute approximate surface area is 247 Å². The maximum Gasteiger partial charge on any atom is 0.161 e. The number of rotatable bonds is 11. The molecule has 0 spiro atoms. The second kappa shape index (κ2) is 19.6. The molecule has 40 heavy (non-hydrogen) atoms. The second-order valence-electron chi connectivity index (χ2n) is 8.21. The van der Waals surface area contributed by atoms with Crippen molar-refractivity contribution in [2.75, 3.05) is 26.7 Å². The summed E-state index contributed by atoms with van der Waals surface area (Å²) in [6.07, 6.45) is 0. The molecule has 0 radical (unpaired) electrons. The Morgan fingerprint density at radius 3 is 1.35 bits per heavy atom. The molecule has 0 atom stereocenters. The minimum atomic E-state index is -0.00464. The van der Waals surface area contributed by atoms with Crippen LogP contribution in [0.1, 0.15) is 22.3 Å². The van der Waals surface area contributed by atoms with Crippen molar-refractivity contribution in [3.63, 3.8) is 0 Å². The van der Waals surface area contributed by atoms with Crippen LogP contribution in [0.3, 0.4) is 0 Å². The van der Waals surface area contributed by atoms with Gasteiger partial charge in [-0.3, -0.25) is 0 Å². The van der Waals surface area contributed by atoms with Crippen LogP contribution in [0.4, 0.5) is 0 Å². The van der Waals surface area contributed by atoms with Crippen LogP contribution in [0.5, 0.6) is 23.0 Å². The zero-order chi connectivity index (χ0) is 29.0. The van der Waals surface area contributed by atoms with Gasteiger partial charge in [0.2, 0.25) is 0 Å². The van der Waals surface area contributed by atoms with E-state index in [2.05, 4.69) is 0 Å². The maximum atomic E-state index is 9.06. The Bertz CT molecular complexity index is 1220. The molecule has 0 aliphatic carbocycles. The van der Waals surface area contributed by atoms with E-state index in [-0.39, 0.29) is 11.9 Å². The van der Waals surface area contributed by atoms with Crippen molar-refractivity contribution in [1.82, 2.24) is 0 Å². The van der Waals surface area contributed by atoms with Gasteiger partial charge in [-0.15, -0.1) is 23.2 Å². The first-order valence-corrected chi connectivity index (χ1v) is 13.5. The first-order valence-electron chi connectivity index (χ1n) is 12.5. The van der Waals surface area contributed by atoms with Crippen molar-refractivity contribution in [2.45, 2.75) is 26.4 Å². The molecule has 0 unspecified atom stereocenters. The van der Waals surface area contributed by atoms with Crippen LogP contribution < -0.4 is 18.9 Å². The predicted molar refractivity (Wildman–Crippen MR) is 161 cm³/mol. The van der Waals surface area contributed by atoms with Crippen molar-refractivity contribution >= 4 is 23.2 Å². The number of alkyl halides is 2. The minimum Gasteiger partial charge on any atom is -0.493 e. The lowest BCUT2D eigenvalue weighted by atomic mass is 10.2. The van der Waals surface area contributed by atoms with E-state index >= 15 is 0 Å². The molecule has 6 nitrogen and oxygen atoms in total. The summed E-state index contributed by atoms with van der Waals surface area (Å²) >= 11 is 9.53. The molecular weight excluding hydrogens is 551 g/mol. The third kappa shape index (κ3) is 11.8. The van der Waals surface area contributed by atoms with Crippen molar-refractivity contribution in [3.8, 4) is 23.0 Å². The van der Waals surface area contributed by atoms with E-state index in [9.17, 15) is 0 Å². The van der Waals surface area contributed by atoms with Gasteiger partial charge in [-0.05, 0) is 46.5 Å². The third-order valence-corrected chi connectivity index (χ3v) is 5.42. The Balaban J connectivity index is 0.000000256. The first kappa shape index (κ1) is 32.8. The van der Waals surface area contributed by atoms with Crippen LogP contribution in [0.25, 0.3) is 0 Å². The maximum absolute atomic E-state index is 9.06. The largest absolute Gasteiger partial charge is 0.493 e. The molecular formula is C32H36Cl2O6. The third-order valence-electron chi connectivity index (χ3n) is 5.42. The number of ether oxygens (including phenoxy) is 5. The molecule has 4 rings (SSSR count). The average molecular weight is 588 g/mol. The van der Waals surface area contributed by atoms with Gasteiger partial charge >= 0.3 is 0 Å². The molecule has 0 fully saturated rings. The highest BCUT2D eigenvalue weighted by Crippen LogP contribution is 2.30. The van der Waals surface area contributed by atoms with E-state index in [1.54, 1.807) is 27.4 Å². The molecule has 0 aromatic heterocycles. The topological polar surface area (TPSA) is 66.4 Å². The molecule has 4 aromatic rings. The molecule has 0 bridgehead atoms. The molecule has 214 valence electrons. The smallest absolute Gasteiger partial charge is 0.161 e. The summed E-state index contributed by atoms with van der Waals surface area (Å²) in [5.41, 5.74) is 4.10. The van der Waals surface area contributed by atoms with E-state index in [4.69, 9.17) is 52.0 Å². The summed E-state index contributed by atoms with van der Waals surface area (Å²) in [5.74, 6) is 2.78. The molecule has 1 N–H and O–H groups in total. The lowest BCUT2D eigenvalue weighted by Crippen LogP contribution is -1.98. The Hall–Kier alpha value is -3.42. The van der Waals surface area contributed by atoms with Crippen LogP contribution in [0.2, 0.25) is 0 Å². The average Bonchev–Trinajstić information content (AvgIpc) is 3.01. The van der Waals surface area contributed by atoms with E-state index < -0.39 is 0 Å². The van der Waals surface area contributed by atoms with Gasteiger partial charge in [0.25, 0.3) is 0 Å². The van der Waals surface area contributed by atoms with Crippen LogP contribution in [-0.4, -0.2) is 31.8 Å². The summed E-state index contributed by atoms with van der Waals surface area (Å²) in [4.78, 5) is 0. The van der Waals surface area contributed by atoms with Crippen LogP contribution >= 0.6 is 23.2 Å². The monoisotopic (exact) mass is 586 g/mol. The van der Waals surface area contributed by atoms with E-state index in [1.807, 2.05) is 91.0 Å². The van der Waals surface area contributed by atoms with Gasteiger partial charge in [-0.1, -0.05) is 72.8 Å².